The molecule has 0 bridgehead atoms. The quantitative estimate of drug-likeness (QED) is 0.747. The fraction of sp³-hybridized carbons (Fsp3) is 0.188. The Morgan fingerprint density at radius 1 is 1.00 bits per heavy atom. The molecule has 0 unspecified atom stereocenters. The van der Waals surface area contributed by atoms with Gasteiger partial charge in [0, 0.05) is 17.5 Å². The molecule has 0 aliphatic heterocycles. The summed E-state index contributed by atoms with van der Waals surface area (Å²) >= 11 is 0. The number of carbonyl (C=O) groups excluding carboxylic acids is 1. The van der Waals surface area contributed by atoms with Crippen molar-refractivity contribution in [1.82, 2.24) is 0 Å². The number of benzene rings is 2. The largest absolute Gasteiger partial charge is 0.494 e. The minimum Gasteiger partial charge on any atom is -0.494 e. The number of ether oxygens (including phenoxy) is 1. The monoisotopic (exact) mass is 240 g/mol. The van der Waals surface area contributed by atoms with Crippen LogP contribution in [0.2, 0.25) is 0 Å². The molecule has 2 nitrogen and oxygen atoms in total. The van der Waals surface area contributed by atoms with Gasteiger partial charge in [0.2, 0.25) is 0 Å². The third-order valence-corrected chi connectivity index (χ3v) is 2.72. The van der Waals surface area contributed by atoms with E-state index in [1.54, 1.807) is 0 Å². The molecule has 0 N–H and O–H groups in total. The molecule has 0 aromatic heterocycles. The maximum absolute atomic E-state index is 12.1. The van der Waals surface area contributed by atoms with Gasteiger partial charge in [-0.25, -0.2) is 0 Å². The Bertz CT molecular complexity index is 518. The second kappa shape index (κ2) is 6.01. The van der Waals surface area contributed by atoms with Gasteiger partial charge in [0.1, 0.15) is 5.75 Å². The molecule has 0 saturated carbocycles. The Morgan fingerprint density at radius 2 is 1.67 bits per heavy atom. The Kier molecular flexibility index (Phi) is 4.13. The number of rotatable bonds is 5. The van der Waals surface area contributed by atoms with E-state index >= 15 is 0 Å². The molecule has 18 heavy (non-hydrogen) atoms. The van der Waals surface area contributed by atoms with Crippen LogP contribution in [-0.2, 0) is 6.42 Å². The van der Waals surface area contributed by atoms with Crippen LogP contribution in [0, 0.1) is 0 Å². The number of hydrogen-bond donors (Lipinski definition) is 0. The van der Waals surface area contributed by atoms with Gasteiger partial charge >= 0.3 is 0 Å². The zero-order valence-electron chi connectivity index (χ0n) is 10.4. The van der Waals surface area contributed by atoms with Crippen LogP contribution in [0.4, 0.5) is 0 Å². The van der Waals surface area contributed by atoms with Crippen molar-refractivity contribution < 1.29 is 9.53 Å². The number of carbonyl (C=O) groups is 1. The van der Waals surface area contributed by atoms with Gasteiger partial charge in [-0.1, -0.05) is 48.5 Å². The van der Waals surface area contributed by atoms with E-state index < -0.39 is 0 Å². The van der Waals surface area contributed by atoms with Gasteiger partial charge in [-0.2, -0.15) is 0 Å². The molecule has 0 aliphatic carbocycles. The highest BCUT2D eigenvalue weighted by molar-refractivity contribution is 5.97. The molecule has 0 fully saturated rings. The highest BCUT2D eigenvalue weighted by Crippen LogP contribution is 2.20. The van der Waals surface area contributed by atoms with Crippen molar-refractivity contribution in [2.75, 3.05) is 6.61 Å². The smallest absolute Gasteiger partial charge is 0.167 e. The predicted octanol–water partition coefficient (Wildman–Crippen LogP) is 3.51. The highest BCUT2D eigenvalue weighted by Gasteiger charge is 2.10. The molecule has 92 valence electrons. The van der Waals surface area contributed by atoms with E-state index in [0.29, 0.717) is 13.0 Å². The van der Waals surface area contributed by atoms with Gasteiger partial charge in [-0.3, -0.25) is 4.79 Å². The van der Waals surface area contributed by atoms with Crippen LogP contribution in [0.5, 0.6) is 5.75 Å². The fourth-order valence-corrected chi connectivity index (χ4v) is 1.85. The Labute approximate surface area is 107 Å². The van der Waals surface area contributed by atoms with Crippen LogP contribution < -0.4 is 4.74 Å². The van der Waals surface area contributed by atoms with Crippen LogP contribution >= 0.6 is 0 Å². The average molecular weight is 240 g/mol. The third-order valence-electron chi connectivity index (χ3n) is 2.72. The molecule has 0 amide bonds. The van der Waals surface area contributed by atoms with E-state index in [2.05, 4.69) is 0 Å². The summed E-state index contributed by atoms with van der Waals surface area (Å²) in [4.78, 5) is 12.1. The zero-order valence-corrected chi connectivity index (χ0v) is 10.4. The van der Waals surface area contributed by atoms with Crippen LogP contribution in [0.25, 0.3) is 0 Å². The van der Waals surface area contributed by atoms with E-state index in [-0.39, 0.29) is 5.78 Å². The maximum Gasteiger partial charge on any atom is 0.167 e. The Morgan fingerprint density at radius 3 is 2.39 bits per heavy atom. The summed E-state index contributed by atoms with van der Waals surface area (Å²) in [5.74, 6) is 0.909. The lowest BCUT2D eigenvalue weighted by Crippen LogP contribution is -2.05. The molecule has 0 saturated heterocycles. The first-order valence-corrected chi connectivity index (χ1v) is 6.10. The molecular formula is C16H16O2. The topological polar surface area (TPSA) is 26.3 Å². The fourth-order valence-electron chi connectivity index (χ4n) is 1.85. The molecule has 0 spiro atoms. The Balaban J connectivity index is 2.17. The maximum atomic E-state index is 12.1. The summed E-state index contributed by atoms with van der Waals surface area (Å²) in [6.45, 7) is 2.55. The van der Waals surface area contributed by atoms with Crippen molar-refractivity contribution in [2.45, 2.75) is 13.3 Å². The normalized spacial score (nSPS) is 10.1. The summed E-state index contributed by atoms with van der Waals surface area (Å²) < 4.78 is 5.52. The molecule has 2 heteroatoms. The van der Waals surface area contributed by atoms with Gasteiger partial charge in [-0.05, 0) is 13.0 Å². The van der Waals surface area contributed by atoms with E-state index in [9.17, 15) is 4.79 Å². The van der Waals surface area contributed by atoms with Crippen LogP contribution in [0.1, 0.15) is 22.8 Å². The Hall–Kier alpha value is -2.09. The molecular weight excluding hydrogens is 224 g/mol. The summed E-state index contributed by atoms with van der Waals surface area (Å²) in [6, 6.07) is 17.0. The van der Waals surface area contributed by atoms with E-state index in [1.807, 2.05) is 61.5 Å². The van der Waals surface area contributed by atoms with Gasteiger partial charge in [-0.15, -0.1) is 0 Å². The van der Waals surface area contributed by atoms with Gasteiger partial charge in [0.25, 0.3) is 0 Å². The third kappa shape index (κ3) is 2.98. The molecule has 0 aliphatic rings. The summed E-state index contributed by atoms with van der Waals surface area (Å²) in [5.41, 5.74) is 1.68. The first-order valence-electron chi connectivity index (χ1n) is 6.10. The van der Waals surface area contributed by atoms with Crippen molar-refractivity contribution in [3.05, 3.63) is 65.7 Å². The first-order chi connectivity index (χ1) is 8.81. The molecule has 0 atom stereocenters. The minimum atomic E-state index is 0.114. The van der Waals surface area contributed by atoms with Crippen molar-refractivity contribution in [3.63, 3.8) is 0 Å². The van der Waals surface area contributed by atoms with Gasteiger partial charge in [0.15, 0.2) is 5.78 Å². The molecule has 0 radical (unpaired) electrons. The predicted molar refractivity (Wildman–Crippen MR) is 72.1 cm³/mol. The van der Waals surface area contributed by atoms with Crippen LogP contribution in [0.15, 0.2) is 54.6 Å². The summed E-state index contributed by atoms with van der Waals surface area (Å²) in [7, 11) is 0. The van der Waals surface area contributed by atoms with Crippen molar-refractivity contribution >= 4 is 5.78 Å². The SMILES string of the molecule is CCOc1ccccc1CC(=O)c1ccccc1. The van der Waals surface area contributed by atoms with Crippen molar-refractivity contribution in [1.29, 1.82) is 0 Å². The number of para-hydroxylation sites is 1. The van der Waals surface area contributed by atoms with E-state index in [0.717, 1.165) is 16.9 Å². The zero-order chi connectivity index (χ0) is 12.8. The molecule has 2 aromatic rings. The number of ketones is 1. The van der Waals surface area contributed by atoms with Crippen molar-refractivity contribution in [3.8, 4) is 5.75 Å². The molecule has 2 rings (SSSR count). The molecule has 0 heterocycles. The van der Waals surface area contributed by atoms with E-state index in [1.165, 1.54) is 0 Å². The van der Waals surface area contributed by atoms with Crippen LogP contribution in [0.3, 0.4) is 0 Å². The van der Waals surface area contributed by atoms with Gasteiger partial charge in [0.05, 0.1) is 6.61 Å². The minimum absolute atomic E-state index is 0.114. The standard InChI is InChI=1S/C16H16O2/c1-2-18-16-11-7-6-10-14(16)12-15(17)13-8-4-3-5-9-13/h3-11H,2,12H2,1H3. The number of Topliss-reactive ketones (excluding diaryl/α,β-unsaturated/α-hetero) is 1. The molecule has 2 aromatic carbocycles. The second-order valence-electron chi connectivity index (χ2n) is 4.01. The van der Waals surface area contributed by atoms with Crippen LogP contribution in [-0.4, -0.2) is 12.4 Å². The highest BCUT2D eigenvalue weighted by atomic mass is 16.5. The average Bonchev–Trinajstić information content (AvgIpc) is 2.42. The lowest BCUT2D eigenvalue weighted by atomic mass is 10.0. The lowest BCUT2D eigenvalue weighted by Gasteiger charge is -2.09. The summed E-state index contributed by atoms with van der Waals surface area (Å²) in [5, 5.41) is 0. The first kappa shape index (κ1) is 12.4. The second-order valence-corrected chi connectivity index (χ2v) is 4.01. The van der Waals surface area contributed by atoms with E-state index in [4.69, 9.17) is 4.74 Å². The van der Waals surface area contributed by atoms with Gasteiger partial charge < -0.3 is 4.74 Å². The van der Waals surface area contributed by atoms with Crippen molar-refractivity contribution in [2.24, 2.45) is 0 Å². The number of hydrogen-bond acceptors (Lipinski definition) is 2. The summed E-state index contributed by atoms with van der Waals surface area (Å²) in [6.07, 6.45) is 0.375. The lowest BCUT2D eigenvalue weighted by molar-refractivity contribution is 0.0992.